The fourth-order valence-corrected chi connectivity index (χ4v) is 2.28. The summed E-state index contributed by atoms with van der Waals surface area (Å²) in [4.78, 5) is 24.3. The van der Waals surface area contributed by atoms with Crippen molar-refractivity contribution in [3.05, 3.63) is 30.1 Å². The second-order valence-electron chi connectivity index (χ2n) is 4.61. The first kappa shape index (κ1) is 14.3. The number of aliphatic carboxylic acids is 1. The molecule has 5 nitrogen and oxygen atoms in total. The van der Waals surface area contributed by atoms with Crippen molar-refractivity contribution in [3.63, 3.8) is 0 Å². The number of hydrogen-bond donors (Lipinski definition) is 1. The van der Waals surface area contributed by atoms with Crippen LogP contribution in [-0.4, -0.2) is 41.1 Å². The highest BCUT2D eigenvalue weighted by molar-refractivity contribution is 5.84. The Morgan fingerprint density at radius 1 is 1.40 bits per heavy atom. The van der Waals surface area contributed by atoms with Gasteiger partial charge in [0.05, 0.1) is 13.0 Å². The lowest BCUT2D eigenvalue weighted by atomic mass is 10.2. The molecule has 2 rings (SSSR count). The van der Waals surface area contributed by atoms with Gasteiger partial charge in [0.15, 0.2) is 11.6 Å². The van der Waals surface area contributed by atoms with Crippen LogP contribution >= 0.6 is 0 Å². The van der Waals surface area contributed by atoms with Crippen molar-refractivity contribution >= 4 is 11.9 Å². The largest absolute Gasteiger partial charge is 0.490 e. The van der Waals surface area contributed by atoms with E-state index in [-0.39, 0.29) is 24.7 Å². The van der Waals surface area contributed by atoms with Gasteiger partial charge in [-0.15, -0.1) is 0 Å². The van der Waals surface area contributed by atoms with Crippen molar-refractivity contribution in [2.24, 2.45) is 0 Å². The molecule has 1 N–H and O–H groups in total. The molecular weight excluding hydrogens is 265 g/mol. The van der Waals surface area contributed by atoms with E-state index in [1.54, 1.807) is 12.1 Å². The molecule has 0 aromatic heterocycles. The third-order valence-electron chi connectivity index (χ3n) is 3.27. The molecule has 1 unspecified atom stereocenters. The molecule has 20 heavy (non-hydrogen) atoms. The number of ether oxygens (including phenoxy) is 1. The van der Waals surface area contributed by atoms with Crippen LogP contribution < -0.4 is 4.74 Å². The molecule has 1 aliphatic rings. The highest BCUT2D eigenvalue weighted by Gasteiger charge is 2.33. The normalized spacial score (nSPS) is 18.1. The molecule has 1 aliphatic heterocycles. The second kappa shape index (κ2) is 6.36. The Morgan fingerprint density at radius 2 is 2.15 bits per heavy atom. The van der Waals surface area contributed by atoms with Gasteiger partial charge in [0, 0.05) is 6.54 Å². The maximum atomic E-state index is 13.3. The Bertz CT molecular complexity index is 506. The van der Waals surface area contributed by atoms with Crippen LogP contribution in [0.2, 0.25) is 0 Å². The molecule has 0 aliphatic carbocycles. The number of nitrogens with zero attached hydrogens (tertiary/aromatic N) is 1. The van der Waals surface area contributed by atoms with Crippen molar-refractivity contribution in [1.29, 1.82) is 0 Å². The first-order valence-electron chi connectivity index (χ1n) is 6.49. The summed E-state index contributed by atoms with van der Waals surface area (Å²) in [6.07, 6.45) is 1.21. The van der Waals surface area contributed by atoms with Gasteiger partial charge in [-0.05, 0) is 25.0 Å². The van der Waals surface area contributed by atoms with Crippen LogP contribution in [0.5, 0.6) is 5.75 Å². The molecule has 0 radical (unpaired) electrons. The number of likely N-dealkylation sites (tertiary alicyclic amines) is 1. The molecule has 1 amide bonds. The summed E-state index contributed by atoms with van der Waals surface area (Å²) in [7, 11) is 0. The molecule has 6 heteroatoms. The number of para-hydroxylation sites is 1. The Morgan fingerprint density at radius 3 is 2.85 bits per heavy atom. The van der Waals surface area contributed by atoms with E-state index in [1.807, 2.05) is 0 Å². The SMILES string of the molecule is O=C(O)C1CCCN1C(=O)CCOc1ccccc1F. The zero-order chi connectivity index (χ0) is 14.5. The lowest BCUT2D eigenvalue weighted by molar-refractivity contribution is -0.148. The summed E-state index contributed by atoms with van der Waals surface area (Å²) in [6, 6.07) is 5.21. The van der Waals surface area contributed by atoms with Gasteiger partial charge < -0.3 is 14.7 Å². The second-order valence-corrected chi connectivity index (χ2v) is 4.61. The van der Waals surface area contributed by atoms with Crippen molar-refractivity contribution < 1.29 is 23.8 Å². The van der Waals surface area contributed by atoms with E-state index in [1.165, 1.54) is 17.0 Å². The number of carbonyl (C=O) groups excluding carboxylic acids is 1. The third-order valence-corrected chi connectivity index (χ3v) is 3.27. The average Bonchev–Trinajstić information content (AvgIpc) is 2.90. The van der Waals surface area contributed by atoms with Crippen LogP contribution in [0.1, 0.15) is 19.3 Å². The van der Waals surface area contributed by atoms with E-state index in [0.717, 1.165) is 0 Å². The molecule has 1 aromatic rings. The molecule has 1 saturated heterocycles. The fraction of sp³-hybridized carbons (Fsp3) is 0.429. The molecule has 1 aromatic carbocycles. The molecule has 108 valence electrons. The molecule has 1 fully saturated rings. The molecule has 0 spiro atoms. The number of carboxylic acids is 1. The summed E-state index contributed by atoms with van der Waals surface area (Å²) >= 11 is 0. The highest BCUT2D eigenvalue weighted by atomic mass is 19.1. The van der Waals surface area contributed by atoms with Crippen LogP contribution in [0.3, 0.4) is 0 Å². The van der Waals surface area contributed by atoms with Crippen LogP contribution in [0.4, 0.5) is 4.39 Å². The van der Waals surface area contributed by atoms with Gasteiger partial charge >= 0.3 is 5.97 Å². The maximum absolute atomic E-state index is 13.3. The zero-order valence-corrected chi connectivity index (χ0v) is 10.9. The van der Waals surface area contributed by atoms with E-state index in [2.05, 4.69) is 0 Å². The molecular formula is C14H16FNO4. The summed E-state index contributed by atoms with van der Waals surface area (Å²) < 4.78 is 18.5. The number of hydrogen-bond acceptors (Lipinski definition) is 3. The predicted molar refractivity (Wildman–Crippen MR) is 68.9 cm³/mol. The van der Waals surface area contributed by atoms with Crippen LogP contribution in [0, 0.1) is 5.82 Å². The monoisotopic (exact) mass is 281 g/mol. The number of amides is 1. The molecule has 1 atom stereocenters. The van der Waals surface area contributed by atoms with Crippen LogP contribution in [0.15, 0.2) is 24.3 Å². The van der Waals surface area contributed by atoms with Gasteiger partial charge in [-0.25, -0.2) is 9.18 Å². The van der Waals surface area contributed by atoms with Crippen molar-refractivity contribution in [2.45, 2.75) is 25.3 Å². The predicted octanol–water partition coefficient (Wildman–Crippen LogP) is 1.67. The zero-order valence-electron chi connectivity index (χ0n) is 10.9. The van der Waals surface area contributed by atoms with Gasteiger partial charge in [-0.1, -0.05) is 12.1 Å². The van der Waals surface area contributed by atoms with Crippen LogP contribution in [0.25, 0.3) is 0 Å². The number of carboxylic acid groups (broad SMARTS) is 1. The van der Waals surface area contributed by atoms with Gasteiger partial charge in [0.2, 0.25) is 5.91 Å². The fourth-order valence-electron chi connectivity index (χ4n) is 2.28. The Labute approximate surface area is 116 Å². The Hall–Kier alpha value is -2.11. The van der Waals surface area contributed by atoms with Gasteiger partial charge in [-0.3, -0.25) is 4.79 Å². The van der Waals surface area contributed by atoms with E-state index in [9.17, 15) is 14.0 Å². The lowest BCUT2D eigenvalue weighted by Gasteiger charge is -2.21. The average molecular weight is 281 g/mol. The minimum Gasteiger partial charge on any atom is -0.490 e. The minimum absolute atomic E-state index is 0.0304. The summed E-state index contributed by atoms with van der Waals surface area (Å²) in [5, 5.41) is 9.00. The first-order chi connectivity index (χ1) is 9.59. The summed E-state index contributed by atoms with van der Waals surface area (Å²) in [5.74, 6) is -1.64. The third kappa shape index (κ3) is 3.26. The standard InChI is InChI=1S/C14H16FNO4/c15-10-4-1-2-6-12(10)20-9-7-13(17)16-8-3-5-11(16)14(18)19/h1-2,4,6,11H,3,5,7-9H2,(H,18,19). The number of rotatable bonds is 5. The molecule has 0 saturated carbocycles. The summed E-state index contributed by atoms with van der Waals surface area (Å²) in [5.41, 5.74) is 0. The maximum Gasteiger partial charge on any atom is 0.326 e. The van der Waals surface area contributed by atoms with E-state index < -0.39 is 17.8 Å². The number of halogens is 1. The Balaban J connectivity index is 1.84. The first-order valence-corrected chi connectivity index (χ1v) is 6.49. The van der Waals surface area contributed by atoms with Gasteiger partial charge in [0.1, 0.15) is 6.04 Å². The molecule has 0 bridgehead atoms. The van der Waals surface area contributed by atoms with E-state index in [0.29, 0.717) is 19.4 Å². The van der Waals surface area contributed by atoms with Crippen molar-refractivity contribution in [3.8, 4) is 5.75 Å². The van der Waals surface area contributed by atoms with Crippen LogP contribution in [-0.2, 0) is 9.59 Å². The minimum atomic E-state index is -0.981. The Kier molecular flexibility index (Phi) is 4.55. The van der Waals surface area contributed by atoms with E-state index >= 15 is 0 Å². The topological polar surface area (TPSA) is 66.8 Å². The van der Waals surface area contributed by atoms with Gasteiger partial charge in [-0.2, -0.15) is 0 Å². The quantitative estimate of drug-likeness (QED) is 0.891. The number of benzene rings is 1. The smallest absolute Gasteiger partial charge is 0.326 e. The van der Waals surface area contributed by atoms with E-state index in [4.69, 9.17) is 9.84 Å². The van der Waals surface area contributed by atoms with Crippen molar-refractivity contribution in [2.75, 3.05) is 13.2 Å². The lowest BCUT2D eigenvalue weighted by Crippen LogP contribution is -2.40. The summed E-state index contributed by atoms with van der Waals surface area (Å²) in [6.45, 7) is 0.484. The highest BCUT2D eigenvalue weighted by Crippen LogP contribution is 2.19. The van der Waals surface area contributed by atoms with Gasteiger partial charge in [0.25, 0.3) is 0 Å². The molecule has 1 heterocycles. The number of carbonyl (C=O) groups is 2. The van der Waals surface area contributed by atoms with Crippen molar-refractivity contribution in [1.82, 2.24) is 4.90 Å².